The van der Waals surface area contributed by atoms with E-state index >= 15 is 0 Å². The van der Waals surface area contributed by atoms with Crippen molar-refractivity contribution in [1.29, 1.82) is 0 Å². The minimum atomic E-state index is -4.32. The van der Waals surface area contributed by atoms with Gasteiger partial charge in [-0.25, -0.2) is 0 Å². The molecule has 0 bridgehead atoms. The van der Waals surface area contributed by atoms with Gasteiger partial charge in [-0.3, -0.25) is 4.98 Å². The van der Waals surface area contributed by atoms with Gasteiger partial charge in [0.2, 0.25) is 0 Å². The third kappa shape index (κ3) is 2.77. The topological polar surface area (TPSA) is 12.9 Å². The van der Waals surface area contributed by atoms with Crippen LogP contribution in [0.15, 0.2) is 18.3 Å². The maximum atomic E-state index is 12.1. The molecule has 0 amide bonds. The van der Waals surface area contributed by atoms with Crippen LogP contribution in [0, 0.1) is 12.3 Å². The van der Waals surface area contributed by atoms with Crippen molar-refractivity contribution in [3.8, 4) is 12.3 Å². The summed E-state index contributed by atoms with van der Waals surface area (Å²) in [6.45, 7) is 0. The van der Waals surface area contributed by atoms with E-state index in [-0.39, 0.29) is 0 Å². The van der Waals surface area contributed by atoms with Crippen molar-refractivity contribution in [2.24, 2.45) is 0 Å². The standard InChI is InChI=1S/C10H8F3N/c1-2-3-4-9-6-5-8(7-14-9)10(11,12)13/h1,5-7H,3-4H2. The van der Waals surface area contributed by atoms with Gasteiger partial charge < -0.3 is 0 Å². The van der Waals surface area contributed by atoms with E-state index in [1.54, 1.807) is 0 Å². The summed E-state index contributed by atoms with van der Waals surface area (Å²) < 4.78 is 36.3. The zero-order valence-corrected chi connectivity index (χ0v) is 7.30. The highest BCUT2D eigenvalue weighted by Gasteiger charge is 2.30. The second-order valence-electron chi connectivity index (χ2n) is 2.74. The molecule has 4 heteroatoms. The van der Waals surface area contributed by atoms with E-state index in [1.807, 2.05) is 0 Å². The molecule has 0 aromatic carbocycles. The first-order chi connectivity index (χ1) is 6.54. The predicted octanol–water partition coefficient (Wildman–Crippen LogP) is 2.67. The van der Waals surface area contributed by atoms with Gasteiger partial charge in [-0.05, 0) is 12.1 Å². The van der Waals surface area contributed by atoms with E-state index in [4.69, 9.17) is 6.42 Å². The van der Waals surface area contributed by atoms with Crippen molar-refractivity contribution in [3.63, 3.8) is 0 Å². The molecule has 14 heavy (non-hydrogen) atoms. The Hall–Kier alpha value is -1.50. The van der Waals surface area contributed by atoms with Crippen LogP contribution in [-0.4, -0.2) is 4.98 Å². The number of nitrogens with zero attached hydrogens (tertiary/aromatic N) is 1. The first kappa shape index (κ1) is 10.6. The lowest BCUT2D eigenvalue weighted by atomic mass is 10.2. The largest absolute Gasteiger partial charge is 0.417 e. The number of rotatable bonds is 2. The molecule has 0 spiro atoms. The lowest BCUT2D eigenvalue weighted by molar-refractivity contribution is -0.137. The van der Waals surface area contributed by atoms with Gasteiger partial charge >= 0.3 is 6.18 Å². The Bertz CT molecular complexity index is 332. The molecule has 1 nitrogen and oxygen atoms in total. The summed E-state index contributed by atoms with van der Waals surface area (Å²) in [6, 6.07) is 2.36. The van der Waals surface area contributed by atoms with Gasteiger partial charge in [-0.1, -0.05) is 0 Å². The minimum Gasteiger partial charge on any atom is -0.261 e. The number of hydrogen-bond acceptors (Lipinski definition) is 1. The van der Waals surface area contributed by atoms with Gasteiger partial charge in [-0.15, -0.1) is 12.3 Å². The van der Waals surface area contributed by atoms with Gasteiger partial charge in [-0.2, -0.15) is 13.2 Å². The first-order valence-corrected chi connectivity index (χ1v) is 3.99. The van der Waals surface area contributed by atoms with E-state index in [2.05, 4.69) is 10.9 Å². The molecule has 0 N–H and O–H groups in total. The van der Waals surface area contributed by atoms with Crippen molar-refractivity contribution in [3.05, 3.63) is 29.6 Å². The van der Waals surface area contributed by atoms with Crippen LogP contribution in [0.25, 0.3) is 0 Å². The highest BCUT2D eigenvalue weighted by Crippen LogP contribution is 2.28. The monoisotopic (exact) mass is 199 g/mol. The van der Waals surface area contributed by atoms with Crippen LogP contribution in [0.4, 0.5) is 13.2 Å². The van der Waals surface area contributed by atoms with Crippen LogP contribution in [0.5, 0.6) is 0 Å². The van der Waals surface area contributed by atoms with Crippen LogP contribution in [0.3, 0.4) is 0 Å². The van der Waals surface area contributed by atoms with Crippen LogP contribution in [0.2, 0.25) is 0 Å². The quantitative estimate of drug-likeness (QED) is 0.667. The normalized spacial score (nSPS) is 11.0. The summed E-state index contributed by atoms with van der Waals surface area (Å²) >= 11 is 0. The van der Waals surface area contributed by atoms with Crippen molar-refractivity contribution in [1.82, 2.24) is 4.98 Å². The molecule has 0 unspecified atom stereocenters. The molecule has 0 saturated carbocycles. The molecule has 0 aliphatic rings. The molecular weight excluding hydrogens is 191 g/mol. The molecule has 1 heterocycles. The first-order valence-electron chi connectivity index (χ1n) is 3.99. The summed E-state index contributed by atoms with van der Waals surface area (Å²) in [6.07, 6.45) is 2.51. The Morgan fingerprint density at radius 3 is 2.50 bits per heavy atom. The number of terminal acetylenes is 1. The number of pyridine rings is 1. The zero-order chi connectivity index (χ0) is 10.6. The molecule has 1 rings (SSSR count). The molecule has 0 radical (unpaired) electrons. The second-order valence-corrected chi connectivity index (χ2v) is 2.74. The number of aryl methyl sites for hydroxylation is 1. The fourth-order valence-corrected chi connectivity index (χ4v) is 0.940. The van der Waals surface area contributed by atoms with E-state index in [1.165, 1.54) is 6.07 Å². The number of halogens is 3. The molecule has 0 aliphatic carbocycles. The molecule has 1 aromatic heterocycles. The molecule has 1 aromatic rings. The van der Waals surface area contributed by atoms with Crippen molar-refractivity contribution in [2.45, 2.75) is 19.0 Å². The van der Waals surface area contributed by atoms with Gasteiger partial charge in [0, 0.05) is 24.7 Å². The highest BCUT2D eigenvalue weighted by molar-refractivity contribution is 5.17. The summed E-state index contributed by atoms with van der Waals surface area (Å²) in [4.78, 5) is 3.67. The summed E-state index contributed by atoms with van der Waals surface area (Å²) in [7, 11) is 0. The molecule has 0 atom stereocenters. The third-order valence-electron chi connectivity index (χ3n) is 1.68. The number of alkyl halides is 3. The average Bonchev–Trinajstić information content (AvgIpc) is 2.14. The number of hydrogen-bond donors (Lipinski definition) is 0. The average molecular weight is 199 g/mol. The Morgan fingerprint density at radius 2 is 2.07 bits per heavy atom. The maximum Gasteiger partial charge on any atom is 0.417 e. The van der Waals surface area contributed by atoms with Crippen LogP contribution in [-0.2, 0) is 12.6 Å². The fraction of sp³-hybridized carbons (Fsp3) is 0.300. The summed E-state index contributed by atoms with van der Waals surface area (Å²) in [5.74, 6) is 2.40. The van der Waals surface area contributed by atoms with Gasteiger partial charge in [0.05, 0.1) is 5.56 Å². The Labute approximate surface area is 80.0 Å². The van der Waals surface area contributed by atoms with Crippen molar-refractivity contribution < 1.29 is 13.2 Å². The van der Waals surface area contributed by atoms with Crippen LogP contribution < -0.4 is 0 Å². The predicted molar refractivity (Wildman–Crippen MR) is 46.4 cm³/mol. The van der Waals surface area contributed by atoms with Crippen LogP contribution in [0.1, 0.15) is 17.7 Å². The lowest BCUT2D eigenvalue weighted by Crippen LogP contribution is -2.05. The zero-order valence-electron chi connectivity index (χ0n) is 7.30. The lowest BCUT2D eigenvalue weighted by Gasteiger charge is -2.05. The van der Waals surface area contributed by atoms with Gasteiger partial charge in [0.15, 0.2) is 0 Å². The molecule has 0 aliphatic heterocycles. The third-order valence-corrected chi connectivity index (χ3v) is 1.68. The van der Waals surface area contributed by atoms with Gasteiger partial charge in [0.25, 0.3) is 0 Å². The second kappa shape index (κ2) is 4.14. The molecular formula is C10H8F3N. The van der Waals surface area contributed by atoms with Crippen LogP contribution >= 0.6 is 0 Å². The smallest absolute Gasteiger partial charge is 0.261 e. The SMILES string of the molecule is C#CCCc1ccc(C(F)(F)F)cn1. The van der Waals surface area contributed by atoms with E-state index in [0.29, 0.717) is 18.5 Å². The molecule has 74 valence electrons. The highest BCUT2D eigenvalue weighted by atomic mass is 19.4. The Kier molecular flexibility index (Phi) is 3.13. The number of aromatic nitrogens is 1. The fourth-order valence-electron chi connectivity index (χ4n) is 0.940. The van der Waals surface area contributed by atoms with E-state index in [0.717, 1.165) is 12.3 Å². The molecule has 0 saturated heterocycles. The Morgan fingerprint density at radius 1 is 1.36 bits per heavy atom. The van der Waals surface area contributed by atoms with E-state index in [9.17, 15) is 13.2 Å². The summed E-state index contributed by atoms with van der Waals surface area (Å²) in [5.41, 5.74) is -0.155. The maximum absolute atomic E-state index is 12.1. The Balaban J connectivity index is 2.75. The van der Waals surface area contributed by atoms with Crippen molar-refractivity contribution >= 4 is 0 Å². The van der Waals surface area contributed by atoms with E-state index < -0.39 is 11.7 Å². The summed E-state index contributed by atoms with van der Waals surface area (Å²) in [5, 5.41) is 0. The van der Waals surface area contributed by atoms with Crippen molar-refractivity contribution in [2.75, 3.05) is 0 Å². The minimum absolute atomic E-state index is 0.484. The molecule has 0 fully saturated rings. The van der Waals surface area contributed by atoms with Gasteiger partial charge in [0.1, 0.15) is 0 Å².